The van der Waals surface area contributed by atoms with Crippen LogP contribution in [0.2, 0.25) is 0 Å². The van der Waals surface area contributed by atoms with E-state index in [0.29, 0.717) is 31.6 Å². The fourth-order valence-electron chi connectivity index (χ4n) is 2.66. The van der Waals surface area contributed by atoms with Gasteiger partial charge in [0.2, 0.25) is 5.91 Å². The van der Waals surface area contributed by atoms with Crippen molar-refractivity contribution in [3.05, 3.63) is 41.5 Å². The van der Waals surface area contributed by atoms with Gasteiger partial charge in [-0.2, -0.15) is 5.10 Å². The summed E-state index contributed by atoms with van der Waals surface area (Å²) in [5.41, 5.74) is 1.73. The number of nitrogens with zero attached hydrogens (tertiary/aromatic N) is 4. The molecule has 0 saturated heterocycles. The number of aromatic nitrogens is 3. The zero-order valence-electron chi connectivity index (χ0n) is 16.5. The Morgan fingerprint density at radius 2 is 2.00 bits per heavy atom. The Morgan fingerprint density at radius 3 is 2.67 bits per heavy atom. The number of anilines is 1. The molecular weight excluding hydrogens is 344 g/mol. The molecule has 0 atom stereocenters. The SMILES string of the molecule is Cc1nc(C)n(CCCNC(=O)Nc2cccc(CCC(=O)N(C)C)c2)n1. The highest BCUT2D eigenvalue weighted by atomic mass is 16.2. The third kappa shape index (κ3) is 6.73. The first-order chi connectivity index (χ1) is 12.8. The topological polar surface area (TPSA) is 92.2 Å². The van der Waals surface area contributed by atoms with Gasteiger partial charge in [0.15, 0.2) is 0 Å². The molecule has 0 unspecified atom stereocenters. The summed E-state index contributed by atoms with van der Waals surface area (Å²) in [6, 6.07) is 7.31. The van der Waals surface area contributed by atoms with Gasteiger partial charge in [0.1, 0.15) is 11.6 Å². The summed E-state index contributed by atoms with van der Waals surface area (Å²) in [5.74, 6) is 1.72. The summed E-state index contributed by atoms with van der Waals surface area (Å²) in [7, 11) is 3.49. The highest BCUT2D eigenvalue weighted by molar-refractivity contribution is 5.89. The maximum atomic E-state index is 12.0. The fourth-order valence-corrected chi connectivity index (χ4v) is 2.66. The summed E-state index contributed by atoms with van der Waals surface area (Å²) in [6.45, 7) is 5.03. The Morgan fingerprint density at radius 1 is 1.22 bits per heavy atom. The molecule has 27 heavy (non-hydrogen) atoms. The highest BCUT2D eigenvalue weighted by Gasteiger charge is 2.07. The van der Waals surface area contributed by atoms with Gasteiger partial charge in [0, 0.05) is 39.3 Å². The van der Waals surface area contributed by atoms with Gasteiger partial charge in [-0.05, 0) is 44.4 Å². The molecule has 8 heteroatoms. The van der Waals surface area contributed by atoms with Crippen molar-refractivity contribution in [3.8, 4) is 0 Å². The van der Waals surface area contributed by atoms with E-state index in [1.165, 1.54) is 0 Å². The summed E-state index contributed by atoms with van der Waals surface area (Å²) in [5, 5.41) is 9.96. The lowest BCUT2D eigenvalue weighted by Gasteiger charge is -2.11. The number of aryl methyl sites for hydroxylation is 4. The van der Waals surface area contributed by atoms with Crippen LogP contribution in [0.3, 0.4) is 0 Å². The second kappa shape index (κ2) is 9.70. The first-order valence-corrected chi connectivity index (χ1v) is 9.07. The van der Waals surface area contributed by atoms with Crippen molar-refractivity contribution in [2.45, 2.75) is 39.7 Å². The van der Waals surface area contributed by atoms with Crippen LogP contribution < -0.4 is 10.6 Å². The number of urea groups is 1. The average Bonchev–Trinajstić information content (AvgIpc) is 2.94. The lowest BCUT2D eigenvalue weighted by Crippen LogP contribution is -2.30. The summed E-state index contributed by atoms with van der Waals surface area (Å²) >= 11 is 0. The van der Waals surface area contributed by atoms with E-state index in [0.717, 1.165) is 23.6 Å². The Hall–Kier alpha value is -2.90. The van der Waals surface area contributed by atoms with Gasteiger partial charge in [-0.25, -0.2) is 9.78 Å². The third-order valence-corrected chi connectivity index (χ3v) is 4.11. The number of benzene rings is 1. The zero-order valence-corrected chi connectivity index (χ0v) is 16.5. The maximum absolute atomic E-state index is 12.0. The first-order valence-electron chi connectivity index (χ1n) is 9.07. The summed E-state index contributed by atoms with van der Waals surface area (Å²) < 4.78 is 1.84. The molecule has 0 aliphatic rings. The van der Waals surface area contributed by atoms with Gasteiger partial charge in [-0.15, -0.1) is 0 Å². The molecule has 1 aromatic carbocycles. The van der Waals surface area contributed by atoms with E-state index >= 15 is 0 Å². The van der Waals surface area contributed by atoms with Crippen molar-refractivity contribution < 1.29 is 9.59 Å². The Labute approximate surface area is 160 Å². The molecule has 8 nitrogen and oxygen atoms in total. The molecule has 0 aliphatic carbocycles. The molecule has 0 aliphatic heterocycles. The summed E-state index contributed by atoms with van der Waals surface area (Å²) in [4.78, 5) is 29.6. The van der Waals surface area contributed by atoms with Crippen molar-refractivity contribution in [2.24, 2.45) is 0 Å². The zero-order chi connectivity index (χ0) is 19.8. The third-order valence-electron chi connectivity index (χ3n) is 4.11. The quantitative estimate of drug-likeness (QED) is 0.694. The van der Waals surface area contributed by atoms with Crippen LogP contribution in [0.1, 0.15) is 30.1 Å². The van der Waals surface area contributed by atoms with Gasteiger partial charge >= 0.3 is 6.03 Å². The van der Waals surface area contributed by atoms with Gasteiger partial charge in [0.05, 0.1) is 0 Å². The maximum Gasteiger partial charge on any atom is 0.319 e. The molecule has 0 fully saturated rings. The molecule has 2 rings (SSSR count). The van der Waals surface area contributed by atoms with Crippen LogP contribution in [-0.4, -0.2) is 52.2 Å². The number of nitrogens with one attached hydrogen (secondary N) is 2. The molecule has 0 radical (unpaired) electrons. The first kappa shape index (κ1) is 20.4. The van der Waals surface area contributed by atoms with Crippen molar-refractivity contribution in [3.63, 3.8) is 0 Å². The molecular formula is C19H28N6O2. The lowest BCUT2D eigenvalue weighted by molar-refractivity contribution is -0.128. The molecule has 3 amide bonds. The van der Waals surface area contributed by atoms with E-state index in [-0.39, 0.29) is 11.9 Å². The molecule has 0 saturated carbocycles. The van der Waals surface area contributed by atoms with Gasteiger partial charge < -0.3 is 15.5 Å². The van der Waals surface area contributed by atoms with E-state index < -0.39 is 0 Å². The minimum Gasteiger partial charge on any atom is -0.349 e. The minimum absolute atomic E-state index is 0.0870. The van der Waals surface area contributed by atoms with Crippen LogP contribution in [0.5, 0.6) is 0 Å². The number of carbonyl (C=O) groups excluding carboxylic acids is 2. The molecule has 1 aromatic heterocycles. The monoisotopic (exact) mass is 372 g/mol. The van der Waals surface area contributed by atoms with E-state index in [1.54, 1.807) is 19.0 Å². The van der Waals surface area contributed by atoms with Crippen molar-refractivity contribution >= 4 is 17.6 Å². The van der Waals surface area contributed by atoms with Crippen LogP contribution in [0, 0.1) is 13.8 Å². The summed E-state index contributed by atoms with van der Waals surface area (Å²) in [6.07, 6.45) is 1.86. The Kier molecular flexibility index (Phi) is 7.34. The van der Waals surface area contributed by atoms with Gasteiger partial charge in [-0.3, -0.25) is 9.48 Å². The van der Waals surface area contributed by atoms with Crippen LogP contribution >= 0.6 is 0 Å². The van der Waals surface area contributed by atoms with Crippen molar-refractivity contribution in [1.82, 2.24) is 25.0 Å². The fraction of sp³-hybridized carbons (Fsp3) is 0.474. The number of rotatable bonds is 8. The molecule has 146 valence electrons. The predicted molar refractivity (Wildman–Crippen MR) is 105 cm³/mol. The molecule has 2 N–H and O–H groups in total. The van der Waals surface area contributed by atoms with E-state index in [2.05, 4.69) is 20.7 Å². The second-order valence-corrected chi connectivity index (χ2v) is 6.65. The number of amides is 3. The average molecular weight is 372 g/mol. The predicted octanol–water partition coefficient (Wildman–Crippen LogP) is 2.13. The van der Waals surface area contributed by atoms with E-state index in [4.69, 9.17) is 0 Å². The van der Waals surface area contributed by atoms with Crippen molar-refractivity contribution in [2.75, 3.05) is 26.0 Å². The van der Waals surface area contributed by atoms with Gasteiger partial charge in [-0.1, -0.05) is 12.1 Å². The number of hydrogen-bond acceptors (Lipinski definition) is 4. The van der Waals surface area contributed by atoms with E-state index in [1.807, 2.05) is 42.8 Å². The van der Waals surface area contributed by atoms with Crippen LogP contribution in [-0.2, 0) is 17.8 Å². The highest BCUT2D eigenvalue weighted by Crippen LogP contribution is 2.12. The normalized spacial score (nSPS) is 10.5. The molecule has 0 bridgehead atoms. The Bertz CT molecular complexity index is 784. The molecule has 2 aromatic rings. The second-order valence-electron chi connectivity index (χ2n) is 6.65. The van der Waals surface area contributed by atoms with E-state index in [9.17, 15) is 9.59 Å². The van der Waals surface area contributed by atoms with Crippen LogP contribution in [0.25, 0.3) is 0 Å². The molecule has 0 spiro atoms. The lowest BCUT2D eigenvalue weighted by atomic mass is 10.1. The smallest absolute Gasteiger partial charge is 0.319 e. The number of hydrogen-bond donors (Lipinski definition) is 2. The standard InChI is InChI=1S/C19H28N6O2/c1-14-21-15(2)25(23-14)12-6-11-20-19(27)22-17-8-5-7-16(13-17)9-10-18(26)24(3)4/h5,7-8,13H,6,9-12H2,1-4H3,(H2,20,22,27). The van der Waals surface area contributed by atoms with Crippen LogP contribution in [0.15, 0.2) is 24.3 Å². The van der Waals surface area contributed by atoms with Crippen LogP contribution in [0.4, 0.5) is 10.5 Å². The molecule has 1 heterocycles. The van der Waals surface area contributed by atoms with Crippen molar-refractivity contribution in [1.29, 1.82) is 0 Å². The minimum atomic E-state index is -0.247. The van der Waals surface area contributed by atoms with Gasteiger partial charge in [0.25, 0.3) is 0 Å². The number of carbonyl (C=O) groups is 2. The largest absolute Gasteiger partial charge is 0.349 e. The Balaban J connectivity index is 1.74.